The van der Waals surface area contributed by atoms with Crippen molar-refractivity contribution in [3.8, 4) is 0 Å². The predicted molar refractivity (Wildman–Crippen MR) is 52.9 cm³/mol. The second-order valence-corrected chi connectivity index (χ2v) is 3.48. The van der Waals surface area contributed by atoms with Gasteiger partial charge in [0.1, 0.15) is 5.56 Å². The zero-order valence-electron chi connectivity index (χ0n) is 8.34. The molecule has 2 heterocycles. The summed E-state index contributed by atoms with van der Waals surface area (Å²) < 4.78 is 4.97. The minimum atomic E-state index is -0.732. The molecule has 1 fully saturated rings. The van der Waals surface area contributed by atoms with E-state index < -0.39 is 23.6 Å². The highest BCUT2D eigenvalue weighted by Gasteiger charge is 2.28. The first-order valence-corrected chi connectivity index (χ1v) is 4.79. The van der Waals surface area contributed by atoms with Crippen LogP contribution in [0.25, 0.3) is 0 Å². The van der Waals surface area contributed by atoms with Crippen molar-refractivity contribution in [2.24, 2.45) is 0 Å². The summed E-state index contributed by atoms with van der Waals surface area (Å²) >= 11 is 0. The summed E-state index contributed by atoms with van der Waals surface area (Å²) in [6, 6.07) is 0.844. The van der Waals surface area contributed by atoms with Gasteiger partial charge in [-0.3, -0.25) is 9.59 Å². The Morgan fingerprint density at radius 1 is 1.62 bits per heavy atom. The van der Waals surface area contributed by atoms with Gasteiger partial charge in [-0.2, -0.15) is 5.10 Å². The number of amides is 1. The number of nitrogens with zero attached hydrogens (tertiary/aromatic N) is 1. The van der Waals surface area contributed by atoms with Gasteiger partial charge in [0, 0.05) is 6.20 Å². The lowest BCUT2D eigenvalue weighted by Gasteiger charge is -2.13. The lowest BCUT2D eigenvalue weighted by Crippen LogP contribution is -2.44. The average molecular weight is 225 g/mol. The summed E-state index contributed by atoms with van der Waals surface area (Å²) in [7, 11) is 0. The van der Waals surface area contributed by atoms with Crippen LogP contribution in [0.5, 0.6) is 0 Å². The molecule has 0 spiro atoms. The van der Waals surface area contributed by atoms with Crippen LogP contribution in [0.1, 0.15) is 10.4 Å². The van der Waals surface area contributed by atoms with E-state index in [-0.39, 0.29) is 18.8 Å². The van der Waals surface area contributed by atoms with Crippen LogP contribution in [-0.2, 0) is 4.74 Å². The quantitative estimate of drug-likeness (QED) is 0.554. The molecule has 16 heavy (non-hydrogen) atoms. The SMILES string of the molecule is O=C(N[C@@H]1COC[C@H]1O)c1ccn[nH]c1=O. The van der Waals surface area contributed by atoms with Gasteiger partial charge in [0.2, 0.25) is 0 Å². The maximum absolute atomic E-state index is 11.6. The highest BCUT2D eigenvalue weighted by atomic mass is 16.5. The summed E-state index contributed by atoms with van der Waals surface area (Å²) in [5.41, 5.74) is -0.595. The average Bonchev–Trinajstić information content (AvgIpc) is 2.65. The van der Waals surface area contributed by atoms with E-state index in [2.05, 4.69) is 15.5 Å². The number of carbonyl (C=O) groups is 1. The first-order valence-electron chi connectivity index (χ1n) is 4.79. The number of rotatable bonds is 2. The van der Waals surface area contributed by atoms with Crippen LogP contribution in [0.3, 0.4) is 0 Å². The Balaban J connectivity index is 2.09. The van der Waals surface area contributed by atoms with Gasteiger partial charge in [0.15, 0.2) is 0 Å². The van der Waals surface area contributed by atoms with Crippen LogP contribution in [0.15, 0.2) is 17.1 Å². The number of carbonyl (C=O) groups excluding carboxylic acids is 1. The number of H-pyrrole nitrogens is 1. The largest absolute Gasteiger partial charge is 0.388 e. The molecule has 1 aliphatic rings. The minimum absolute atomic E-state index is 0.0332. The third-order valence-electron chi connectivity index (χ3n) is 2.34. The Hall–Kier alpha value is -1.73. The van der Waals surface area contributed by atoms with Gasteiger partial charge in [-0.1, -0.05) is 0 Å². The van der Waals surface area contributed by atoms with E-state index in [9.17, 15) is 14.7 Å². The Bertz CT molecular complexity index is 444. The summed E-state index contributed by atoms with van der Waals surface area (Å²) in [6.45, 7) is 0.438. The topological polar surface area (TPSA) is 104 Å². The molecule has 2 rings (SSSR count). The van der Waals surface area contributed by atoms with Gasteiger partial charge in [0.05, 0.1) is 25.4 Å². The van der Waals surface area contributed by atoms with Crippen molar-refractivity contribution < 1.29 is 14.6 Å². The molecule has 0 unspecified atom stereocenters. The Morgan fingerprint density at radius 3 is 3.06 bits per heavy atom. The van der Waals surface area contributed by atoms with Crippen LogP contribution in [0, 0.1) is 0 Å². The van der Waals surface area contributed by atoms with Crippen LogP contribution in [-0.4, -0.2) is 46.6 Å². The predicted octanol–water partition coefficient (Wildman–Crippen LogP) is -1.74. The van der Waals surface area contributed by atoms with Gasteiger partial charge in [-0.25, -0.2) is 5.10 Å². The number of aliphatic hydroxyl groups is 1. The molecular formula is C9H11N3O4. The van der Waals surface area contributed by atoms with Crippen molar-refractivity contribution in [3.63, 3.8) is 0 Å². The minimum Gasteiger partial charge on any atom is -0.388 e. The van der Waals surface area contributed by atoms with Crippen molar-refractivity contribution >= 4 is 5.91 Å². The van der Waals surface area contributed by atoms with E-state index in [1.807, 2.05) is 0 Å². The fraction of sp³-hybridized carbons (Fsp3) is 0.444. The normalized spacial score (nSPS) is 24.3. The number of nitrogens with one attached hydrogen (secondary N) is 2. The summed E-state index contributed by atoms with van der Waals surface area (Å²) in [5, 5.41) is 17.6. The first-order chi connectivity index (χ1) is 7.68. The Labute approximate surface area is 90.4 Å². The van der Waals surface area contributed by atoms with Gasteiger partial charge >= 0.3 is 0 Å². The molecule has 2 atom stereocenters. The Kier molecular flexibility index (Phi) is 2.97. The molecule has 0 aliphatic carbocycles. The number of hydrogen-bond acceptors (Lipinski definition) is 5. The molecule has 0 aromatic carbocycles. The van der Waals surface area contributed by atoms with Crippen LogP contribution in [0.2, 0.25) is 0 Å². The third kappa shape index (κ3) is 2.10. The lowest BCUT2D eigenvalue weighted by molar-refractivity contribution is 0.0884. The zero-order chi connectivity index (χ0) is 11.5. The molecule has 7 nitrogen and oxygen atoms in total. The fourth-order valence-corrected chi connectivity index (χ4v) is 1.45. The van der Waals surface area contributed by atoms with E-state index in [1.54, 1.807) is 0 Å². The second-order valence-electron chi connectivity index (χ2n) is 3.48. The molecule has 3 N–H and O–H groups in total. The molecule has 1 aromatic heterocycles. The second kappa shape index (κ2) is 4.42. The molecule has 1 amide bonds. The van der Waals surface area contributed by atoms with Crippen molar-refractivity contribution in [1.29, 1.82) is 0 Å². The summed E-state index contributed by atoms with van der Waals surface area (Å²) in [4.78, 5) is 22.9. The molecule has 1 aromatic rings. The first kappa shape index (κ1) is 10.8. The Morgan fingerprint density at radius 2 is 2.44 bits per heavy atom. The number of aromatic amines is 1. The maximum Gasteiger partial charge on any atom is 0.277 e. The number of aromatic nitrogens is 2. The lowest BCUT2D eigenvalue weighted by atomic mass is 10.2. The fourth-order valence-electron chi connectivity index (χ4n) is 1.45. The van der Waals surface area contributed by atoms with Crippen molar-refractivity contribution in [3.05, 3.63) is 28.2 Å². The molecular weight excluding hydrogens is 214 g/mol. The molecule has 1 saturated heterocycles. The molecule has 0 bridgehead atoms. The highest BCUT2D eigenvalue weighted by molar-refractivity contribution is 5.93. The number of ether oxygens (including phenoxy) is 1. The molecule has 7 heteroatoms. The van der Waals surface area contributed by atoms with Gasteiger partial charge < -0.3 is 15.2 Å². The maximum atomic E-state index is 11.6. The third-order valence-corrected chi connectivity index (χ3v) is 2.34. The van der Waals surface area contributed by atoms with Crippen LogP contribution >= 0.6 is 0 Å². The van der Waals surface area contributed by atoms with E-state index in [4.69, 9.17) is 4.74 Å². The van der Waals surface area contributed by atoms with Crippen LogP contribution < -0.4 is 10.9 Å². The van der Waals surface area contributed by atoms with E-state index >= 15 is 0 Å². The molecule has 0 radical (unpaired) electrons. The summed E-state index contributed by atoms with van der Waals surface area (Å²) in [6.07, 6.45) is 0.586. The van der Waals surface area contributed by atoms with E-state index in [1.165, 1.54) is 12.3 Å². The number of hydrogen-bond donors (Lipinski definition) is 3. The van der Waals surface area contributed by atoms with Crippen molar-refractivity contribution in [2.75, 3.05) is 13.2 Å². The van der Waals surface area contributed by atoms with Crippen molar-refractivity contribution in [2.45, 2.75) is 12.1 Å². The van der Waals surface area contributed by atoms with Crippen LogP contribution in [0.4, 0.5) is 0 Å². The molecule has 86 valence electrons. The highest BCUT2D eigenvalue weighted by Crippen LogP contribution is 2.05. The summed E-state index contributed by atoms with van der Waals surface area (Å²) in [5.74, 6) is -0.543. The number of aliphatic hydroxyl groups excluding tert-OH is 1. The van der Waals surface area contributed by atoms with Gasteiger partial charge in [-0.15, -0.1) is 0 Å². The zero-order valence-corrected chi connectivity index (χ0v) is 8.34. The van der Waals surface area contributed by atoms with E-state index in [0.29, 0.717) is 0 Å². The monoisotopic (exact) mass is 225 g/mol. The molecule has 1 aliphatic heterocycles. The van der Waals surface area contributed by atoms with Crippen molar-refractivity contribution in [1.82, 2.24) is 15.5 Å². The standard InChI is InChI=1S/C9H11N3O4/c13-7-4-16-3-6(7)11-8(14)5-1-2-10-12-9(5)15/h1-2,6-7,13H,3-4H2,(H,11,14)(H,12,15)/t6-,7-/m1/s1. The van der Waals surface area contributed by atoms with Gasteiger partial charge in [0.25, 0.3) is 11.5 Å². The smallest absolute Gasteiger partial charge is 0.277 e. The van der Waals surface area contributed by atoms with E-state index in [0.717, 1.165) is 0 Å². The van der Waals surface area contributed by atoms with Gasteiger partial charge in [-0.05, 0) is 6.07 Å². The molecule has 0 saturated carbocycles.